The fourth-order valence-corrected chi connectivity index (χ4v) is 3.25. The molecule has 0 spiro atoms. The maximum Gasteiger partial charge on any atom is 0.237 e. The van der Waals surface area contributed by atoms with Gasteiger partial charge in [0, 0.05) is 18.8 Å². The number of carbonyl (C=O) groups excluding carboxylic acids is 1. The predicted molar refractivity (Wildman–Crippen MR) is 82.0 cm³/mol. The minimum absolute atomic E-state index is 0.290. The summed E-state index contributed by atoms with van der Waals surface area (Å²) >= 11 is 0. The Bertz CT molecular complexity index is 494. The van der Waals surface area contributed by atoms with Gasteiger partial charge in [0.15, 0.2) is 0 Å². The normalized spacial score (nSPS) is 22.8. The number of likely N-dealkylation sites (tertiary alicyclic amines) is 1. The molecule has 1 atom stereocenters. The van der Waals surface area contributed by atoms with Gasteiger partial charge >= 0.3 is 0 Å². The molecule has 1 saturated heterocycles. The van der Waals surface area contributed by atoms with E-state index in [1.54, 1.807) is 0 Å². The highest BCUT2D eigenvalue weighted by atomic mass is 16.2. The second-order valence-corrected chi connectivity index (χ2v) is 6.62. The fourth-order valence-electron chi connectivity index (χ4n) is 3.25. The standard InChI is InChI=1S/C16H26N4O/c1-13-9-17-19(10-13)11-15-5-3-4-8-20(15)16(21)12-18(2)14-6-7-14/h9-10,14-15H,3-8,11-12H2,1-2H3/t15-/m1/s1. The van der Waals surface area contributed by atoms with Gasteiger partial charge in [-0.15, -0.1) is 0 Å². The molecule has 5 heteroatoms. The van der Waals surface area contributed by atoms with Crippen molar-refractivity contribution in [3.8, 4) is 0 Å². The molecule has 1 aliphatic heterocycles. The van der Waals surface area contributed by atoms with Crippen molar-refractivity contribution >= 4 is 5.91 Å². The molecule has 0 N–H and O–H groups in total. The summed E-state index contributed by atoms with van der Waals surface area (Å²) in [4.78, 5) is 16.9. The van der Waals surface area contributed by atoms with Crippen LogP contribution in [0.4, 0.5) is 0 Å². The van der Waals surface area contributed by atoms with Gasteiger partial charge in [-0.05, 0) is 51.6 Å². The summed E-state index contributed by atoms with van der Waals surface area (Å²) in [7, 11) is 2.07. The van der Waals surface area contributed by atoms with E-state index < -0.39 is 0 Å². The Morgan fingerprint density at radius 2 is 2.19 bits per heavy atom. The van der Waals surface area contributed by atoms with E-state index in [0.717, 1.165) is 25.9 Å². The Balaban J connectivity index is 1.61. The molecule has 2 fully saturated rings. The number of piperidine rings is 1. The van der Waals surface area contributed by atoms with Crippen LogP contribution in [0.2, 0.25) is 0 Å². The predicted octanol–water partition coefficient (Wildman–Crippen LogP) is 1.67. The molecule has 1 amide bonds. The molecule has 1 aliphatic carbocycles. The highest BCUT2D eigenvalue weighted by Gasteiger charge is 2.31. The number of carbonyl (C=O) groups is 1. The smallest absolute Gasteiger partial charge is 0.237 e. The van der Waals surface area contributed by atoms with Crippen LogP contribution < -0.4 is 0 Å². The zero-order chi connectivity index (χ0) is 14.8. The van der Waals surface area contributed by atoms with E-state index in [4.69, 9.17) is 0 Å². The summed E-state index contributed by atoms with van der Waals surface area (Å²) in [6, 6.07) is 0.948. The van der Waals surface area contributed by atoms with Gasteiger partial charge in [-0.25, -0.2) is 0 Å². The number of aryl methyl sites for hydroxylation is 1. The lowest BCUT2D eigenvalue weighted by molar-refractivity contribution is -0.136. The van der Waals surface area contributed by atoms with Crippen molar-refractivity contribution in [1.29, 1.82) is 0 Å². The second-order valence-electron chi connectivity index (χ2n) is 6.62. The van der Waals surface area contributed by atoms with Gasteiger partial charge < -0.3 is 4.90 Å². The van der Waals surface area contributed by atoms with Crippen molar-refractivity contribution in [2.24, 2.45) is 0 Å². The zero-order valence-corrected chi connectivity index (χ0v) is 13.2. The highest BCUT2D eigenvalue weighted by Crippen LogP contribution is 2.26. The van der Waals surface area contributed by atoms with Crippen LogP contribution in [0.5, 0.6) is 0 Å². The van der Waals surface area contributed by atoms with E-state index >= 15 is 0 Å². The highest BCUT2D eigenvalue weighted by molar-refractivity contribution is 5.78. The molecule has 1 saturated carbocycles. The van der Waals surface area contributed by atoms with Crippen molar-refractivity contribution in [2.45, 2.75) is 57.7 Å². The molecular formula is C16H26N4O. The first-order chi connectivity index (χ1) is 10.1. The van der Waals surface area contributed by atoms with E-state index in [2.05, 4.69) is 35.1 Å². The Hall–Kier alpha value is -1.36. The van der Waals surface area contributed by atoms with Crippen LogP contribution in [0.3, 0.4) is 0 Å². The number of hydrogen-bond acceptors (Lipinski definition) is 3. The van der Waals surface area contributed by atoms with E-state index in [9.17, 15) is 4.79 Å². The molecule has 0 bridgehead atoms. The molecule has 2 aliphatic rings. The molecule has 116 valence electrons. The average molecular weight is 290 g/mol. The van der Waals surface area contributed by atoms with Crippen molar-refractivity contribution in [2.75, 3.05) is 20.1 Å². The SMILES string of the molecule is Cc1cnn(C[C@H]2CCCCN2C(=O)CN(C)C2CC2)c1. The van der Waals surface area contributed by atoms with E-state index in [-0.39, 0.29) is 5.91 Å². The molecule has 0 unspecified atom stereocenters. The van der Waals surface area contributed by atoms with Crippen LogP contribution in [-0.2, 0) is 11.3 Å². The van der Waals surface area contributed by atoms with Gasteiger partial charge in [-0.1, -0.05) is 0 Å². The molecule has 2 heterocycles. The third kappa shape index (κ3) is 3.64. The van der Waals surface area contributed by atoms with Gasteiger partial charge in [0.25, 0.3) is 0 Å². The summed E-state index contributed by atoms with van der Waals surface area (Å²) in [6.07, 6.45) is 9.89. The minimum atomic E-state index is 0.290. The van der Waals surface area contributed by atoms with Gasteiger partial charge in [0.1, 0.15) is 0 Å². The maximum atomic E-state index is 12.6. The van der Waals surface area contributed by atoms with Gasteiger partial charge in [-0.2, -0.15) is 5.10 Å². The molecule has 1 aromatic rings. The number of aromatic nitrogens is 2. The van der Waals surface area contributed by atoms with E-state index in [1.807, 2.05) is 10.9 Å². The quantitative estimate of drug-likeness (QED) is 0.828. The lowest BCUT2D eigenvalue weighted by Crippen LogP contribution is -2.49. The third-order valence-electron chi connectivity index (χ3n) is 4.66. The molecule has 21 heavy (non-hydrogen) atoms. The van der Waals surface area contributed by atoms with Crippen LogP contribution in [0.15, 0.2) is 12.4 Å². The Labute approximate surface area is 126 Å². The lowest BCUT2D eigenvalue weighted by atomic mass is 10.0. The zero-order valence-electron chi connectivity index (χ0n) is 13.2. The summed E-state index contributed by atoms with van der Waals surface area (Å²) in [5.41, 5.74) is 1.18. The topological polar surface area (TPSA) is 41.4 Å². The molecule has 0 radical (unpaired) electrons. The summed E-state index contributed by atoms with van der Waals surface area (Å²) in [6.45, 7) is 4.35. The van der Waals surface area contributed by atoms with Crippen molar-refractivity contribution < 1.29 is 4.79 Å². The first-order valence-corrected chi connectivity index (χ1v) is 8.12. The van der Waals surface area contributed by atoms with Crippen molar-refractivity contribution in [3.63, 3.8) is 0 Å². The Kier molecular flexibility index (Phi) is 4.29. The van der Waals surface area contributed by atoms with Crippen LogP contribution in [0.25, 0.3) is 0 Å². The number of hydrogen-bond donors (Lipinski definition) is 0. The van der Waals surface area contributed by atoms with Crippen LogP contribution >= 0.6 is 0 Å². The molecule has 3 rings (SSSR count). The first kappa shape index (κ1) is 14.6. The number of amides is 1. The third-order valence-corrected chi connectivity index (χ3v) is 4.66. The largest absolute Gasteiger partial charge is 0.337 e. The summed E-state index contributed by atoms with van der Waals surface area (Å²) < 4.78 is 1.98. The second kappa shape index (κ2) is 6.18. The van der Waals surface area contributed by atoms with Crippen molar-refractivity contribution in [3.05, 3.63) is 18.0 Å². The fraction of sp³-hybridized carbons (Fsp3) is 0.750. The Morgan fingerprint density at radius 1 is 1.38 bits per heavy atom. The van der Waals surface area contributed by atoms with Crippen LogP contribution in [0, 0.1) is 6.92 Å². The van der Waals surface area contributed by atoms with Crippen molar-refractivity contribution in [1.82, 2.24) is 19.6 Å². The van der Waals surface area contributed by atoms with Gasteiger partial charge in [0.05, 0.1) is 25.3 Å². The van der Waals surface area contributed by atoms with Gasteiger partial charge in [-0.3, -0.25) is 14.4 Å². The number of nitrogens with zero attached hydrogens (tertiary/aromatic N) is 4. The minimum Gasteiger partial charge on any atom is -0.337 e. The van der Waals surface area contributed by atoms with E-state index in [0.29, 0.717) is 18.6 Å². The molecule has 5 nitrogen and oxygen atoms in total. The molecular weight excluding hydrogens is 264 g/mol. The average Bonchev–Trinajstić information content (AvgIpc) is 3.24. The van der Waals surface area contributed by atoms with E-state index in [1.165, 1.54) is 24.8 Å². The molecule has 0 aromatic carbocycles. The number of likely N-dealkylation sites (N-methyl/N-ethyl adjacent to an activating group) is 1. The monoisotopic (exact) mass is 290 g/mol. The molecule has 1 aromatic heterocycles. The Morgan fingerprint density at radius 3 is 2.86 bits per heavy atom. The summed E-state index contributed by atoms with van der Waals surface area (Å²) in [5, 5.41) is 4.37. The first-order valence-electron chi connectivity index (χ1n) is 8.12. The number of rotatable bonds is 5. The summed E-state index contributed by atoms with van der Waals surface area (Å²) in [5.74, 6) is 0.290. The maximum absolute atomic E-state index is 12.6. The van der Waals surface area contributed by atoms with Crippen LogP contribution in [0.1, 0.15) is 37.7 Å². The van der Waals surface area contributed by atoms with Crippen LogP contribution in [-0.4, -0.2) is 57.7 Å². The lowest BCUT2D eigenvalue weighted by Gasteiger charge is -2.36. The van der Waals surface area contributed by atoms with Gasteiger partial charge in [0.2, 0.25) is 5.91 Å².